The molecule has 0 fully saturated rings. The van der Waals surface area contributed by atoms with Crippen LogP contribution in [0.1, 0.15) is 21.6 Å². The van der Waals surface area contributed by atoms with Crippen LogP contribution in [0.4, 0.5) is 0 Å². The third-order valence-electron chi connectivity index (χ3n) is 3.29. The molecule has 0 amide bonds. The number of nitrogens with zero attached hydrogens (tertiary/aromatic N) is 2. The van der Waals surface area contributed by atoms with Crippen molar-refractivity contribution in [2.45, 2.75) is 13.3 Å². The first-order chi connectivity index (χ1) is 9.72. The van der Waals surface area contributed by atoms with Crippen LogP contribution in [0.3, 0.4) is 0 Å². The Bertz CT molecular complexity index is 766. The lowest BCUT2D eigenvalue weighted by Gasteiger charge is -2.04. The van der Waals surface area contributed by atoms with Crippen molar-refractivity contribution in [3.05, 3.63) is 71.5 Å². The average molecular weight is 262 g/mol. The van der Waals surface area contributed by atoms with E-state index < -0.39 is 0 Å². The van der Waals surface area contributed by atoms with E-state index in [1.54, 1.807) is 12.3 Å². The molecule has 0 aliphatic carbocycles. The van der Waals surface area contributed by atoms with E-state index in [1.165, 1.54) is 5.56 Å². The molecule has 3 heteroatoms. The summed E-state index contributed by atoms with van der Waals surface area (Å²) in [4.78, 5) is 12.3. The van der Waals surface area contributed by atoms with Crippen molar-refractivity contribution < 1.29 is 4.79 Å². The van der Waals surface area contributed by atoms with Gasteiger partial charge in [-0.2, -0.15) is 10.2 Å². The third kappa shape index (κ3) is 2.57. The van der Waals surface area contributed by atoms with Crippen LogP contribution in [-0.4, -0.2) is 16.0 Å². The minimum Gasteiger partial charge on any atom is -0.294 e. The van der Waals surface area contributed by atoms with Crippen molar-refractivity contribution >= 4 is 16.6 Å². The third-order valence-corrected chi connectivity index (χ3v) is 3.29. The number of fused-ring (bicyclic) bond motifs is 1. The van der Waals surface area contributed by atoms with Crippen molar-refractivity contribution in [2.24, 2.45) is 0 Å². The van der Waals surface area contributed by atoms with E-state index in [0.717, 1.165) is 10.8 Å². The number of aromatic nitrogens is 2. The Labute approximate surface area is 117 Å². The number of carbonyl (C=O) groups is 1. The van der Waals surface area contributed by atoms with Gasteiger partial charge in [0.05, 0.1) is 12.1 Å². The summed E-state index contributed by atoms with van der Waals surface area (Å²) in [6.45, 7) is 2.06. The Morgan fingerprint density at radius 2 is 1.85 bits per heavy atom. The Morgan fingerprint density at radius 1 is 1.05 bits per heavy atom. The maximum atomic E-state index is 12.3. The summed E-state index contributed by atoms with van der Waals surface area (Å²) in [6.07, 6.45) is 1.89. The van der Waals surface area contributed by atoms with Crippen molar-refractivity contribution in [1.82, 2.24) is 10.2 Å². The summed E-state index contributed by atoms with van der Waals surface area (Å²) < 4.78 is 0. The molecule has 20 heavy (non-hydrogen) atoms. The molecular weight excluding hydrogens is 248 g/mol. The van der Waals surface area contributed by atoms with E-state index in [0.29, 0.717) is 11.3 Å². The number of carbonyl (C=O) groups excluding carboxylic acids is 1. The van der Waals surface area contributed by atoms with Gasteiger partial charge in [0, 0.05) is 11.8 Å². The summed E-state index contributed by atoms with van der Waals surface area (Å²) in [5.74, 6) is 0.0629. The quantitative estimate of drug-likeness (QED) is 0.680. The van der Waals surface area contributed by atoms with Gasteiger partial charge >= 0.3 is 0 Å². The zero-order chi connectivity index (χ0) is 13.9. The summed E-state index contributed by atoms with van der Waals surface area (Å²) >= 11 is 0. The van der Waals surface area contributed by atoms with Gasteiger partial charge in [0.1, 0.15) is 0 Å². The van der Waals surface area contributed by atoms with E-state index in [1.807, 2.05) is 30.3 Å². The highest BCUT2D eigenvalue weighted by Gasteiger charge is 2.08. The van der Waals surface area contributed by atoms with Crippen LogP contribution >= 0.6 is 0 Å². The lowest BCUT2D eigenvalue weighted by Crippen LogP contribution is -2.05. The molecule has 0 saturated carbocycles. The van der Waals surface area contributed by atoms with E-state index in [-0.39, 0.29) is 12.2 Å². The highest BCUT2D eigenvalue weighted by Crippen LogP contribution is 2.18. The minimum absolute atomic E-state index is 0.0629. The number of hydrogen-bond acceptors (Lipinski definition) is 3. The standard InChI is InChI=1S/C17H14N2O/c1-12-4-5-14-10-15(7-6-13(14)9-12)17(20)11-16-3-2-8-18-19-16/h2-10H,11H2,1H3. The van der Waals surface area contributed by atoms with Crippen molar-refractivity contribution in [2.75, 3.05) is 0 Å². The molecule has 0 saturated heterocycles. The van der Waals surface area contributed by atoms with E-state index in [2.05, 4.69) is 29.3 Å². The van der Waals surface area contributed by atoms with E-state index in [4.69, 9.17) is 0 Å². The van der Waals surface area contributed by atoms with Crippen LogP contribution in [-0.2, 0) is 6.42 Å². The Balaban J connectivity index is 1.90. The topological polar surface area (TPSA) is 42.9 Å². The van der Waals surface area contributed by atoms with Crippen molar-refractivity contribution in [3.63, 3.8) is 0 Å². The van der Waals surface area contributed by atoms with E-state index >= 15 is 0 Å². The minimum atomic E-state index is 0.0629. The van der Waals surface area contributed by atoms with Gasteiger partial charge in [0.25, 0.3) is 0 Å². The SMILES string of the molecule is Cc1ccc2cc(C(=O)Cc3cccnn3)ccc2c1. The summed E-state index contributed by atoms with van der Waals surface area (Å²) in [5.41, 5.74) is 2.63. The number of hydrogen-bond donors (Lipinski definition) is 0. The molecule has 2 aromatic carbocycles. The molecule has 98 valence electrons. The van der Waals surface area contributed by atoms with E-state index in [9.17, 15) is 4.79 Å². The van der Waals surface area contributed by atoms with Gasteiger partial charge < -0.3 is 0 Å². The van der Waals surface area contributed by atoms with Gasteiger partial charge in [-0.3, -0.25) is 4.79 Å². The largest absolute Gasteiger partial charge is 0.294 e. The normalized spacial score (nSPS) is 10.7. The molecule has 0 unspecified atom stereocenters. The van der Waals surface area contributed by atoms with Gasteiger partial charge in [-0.1, -0.05) is 35.9 Å². The fourth-order valence-corrected chi connectivity index (χ4v) is 2.23. The molecule has 1 heterocycles. The van der Waals surface area contributed by atoms with Crippen molar-refractivity contribution in [1.29, 1.82) is 0 Å². The predicted molar refractivity (Wildman–Crippen MR) is 78.8 cm³/mol. The zero-order valence-electron chi connectivity index (χ0n) is 11.2. The number of ketones is 1. The Morgan fingerprint density at radius 3 is 2.65 bits per heavy atom. The van der Waals surface area contributed by atoms with Crippen LogP contribution in [0.2, 0.25) is 0 Å². The fourth-order valence-electron chi connectivity index (χ4n) is 2.23. The molecule has 0 bridgehead atoms. The molecule has 3 aromatic rings. The summed E-state index contributed by atoms with van der Waals surface area (Å²) in [5, 5.41) is 9.97. The summed E-state index contributed by atoms with van der Waals surface area (Å²) in [6, 6.07) is 15.6. The first-order valence-corrected chi connectivity index (χ1v) is 6.52. The smallest absolute Gasteiger partial charge is 0.168 e. The summed E-state index contributed by atoms with van der Waals surface area (Å²) in [7, 11) is 0. The molecule has 0 aliphatic heterocycles. The maximum Gasteiger partial charge on any atom is 0.168 e. The van der Waals surface area contributed by atoms with Crippen molar-refractivity contribution in [3.8, 4) is 0 Å². The predicted octanol–water partition coefficient (Wildman–Crippen LogP) is 3.36. The lowest BCUT2D eigenvalue weighted by atomic mass is 10.0. The molecular formula is C17H14N2O. The maximum absolute atomic E-state index is 12.3. The number of benzene rings is 2. The average Bonchev–Trinajstić information content (AvgIpc) is 2.47. The second-order valence-electron chi connectivity index (χ2n) is 4.88. The number of Topliss-reactive ketones (excluding diaryl/α,β-unsaturated/α-hetero) is 1. The van der Waals surface area contributed by atoms with Gasteiger partial charge in [-0.15, -0.1) is 0 Å². The zero-order valence-corrected chi connectivity index (χ0v) is 11.2. The lowest BCUT2D eigenvalue weighted by molar-refractivity contribution is 0.0992. The first-order valence-electron chi connectivity index (χ1n) is 6.52. The second kappa shape index (κ2) is 5.21. The van der Waals surface area contributed by atoms with Gasteiger partial charge in [0.2, 0.25) is 0 Å². The molecule has 1 aromatic heterocycles. The van der Waals surface area contributed by atoms with Gasteiger partial charge in [0.15, 0.2) is 5.78 Å². The Hall–Kier alpha value is -2.55. The van der Waals surface area contributed by atoms with Crippen LogP contribution in [0.5, 0.6) is 0 Å². The highest BCUT2D eigenvalue weighted by atomic mass is 16.1. The van der Waals surface area contributed by atoms with Crippen LogP contribution in [0.15, 0.2) is 54.7 Å². The first kappa shape index (κ1) is 12.5. The molecule has 3 nitrogen and oxygen atoms in total. The Kier molecular flexibility index (Phi) is 3.25. The molecule has 3 rings (SSSR count). The van der Waals surface area contributed by atoms with Crippen LogP contribution < -0.4 is 0 Å². The van der Waals surface area contributed by atoms with Gasteiger partial charge in [-0.25, -0.2) is 0 Å². The number of aryl methyl sites for hydroxylation is 1. The van der Waals surface area contributed by atoms with Gasteiger partial charge in [-0.05, 0) is 35.9 Å². The molecule has 0 radical (unpaired) electrons. The molecule has 0 spiro atoms. The van der Waals surface area contributed by atoms with Crippen LogP contribution in [0.25, 0.3) is 10.8 Å². The molecule has 0 aliphatic rings. The molecule has 0 atom stereocenters. The second-order valence-corrected chi connectivity index (χ2v) is 4.88. The highest BCUT2D eigenvalue weighted by molar-refractivity contribution is 6.00. The van der Waals surface area contributed by atoms with Crippen LogP contribution in [0, 0.1) is 6.92 Å². The fraction of sp³-hybridized carbons (Fsp3) is 0.118. The molecule has 0 N–H and O–H groups in total. The monoisotopic (exact) mass is 262 g/mol. The number of rotatable bonds is 3.